The van der Waals surface area contributed by atoms with Crippen LogP contribution >= 0.6 is 0 Å². The van der Waals surface area contributed by atoms with Crippen molar-refractivity contribution in [2.45, 2.75) is 39.7 Å². The van der Waals surface area contributed by atoms with Crippen LogP contribution in [0.3, 0.4) is 0 Å². The van der Waals surface area contributed by atoms with Crippen molar-refractivity contribution in [2.24, 2.45) is 5.41 Å². The van der Waals surface area contributed by atoms with Crippen LogP contribution in [0.2, 0.25) is 0 Å². The van der Waals surface area contributed by atoms with Crippen molar-refractivity contribution in [3.8, 4) is 0 Å². The number of carbonyl (C=O) groups is 1. The number of Topliss-reactive ketones (excluding diaryl/α,β-unsaturated/α-hetero) is 1. The molecular weight excluding hydrogens is 186 g/mol. The van der Waals surface area contributed by atoms with Gasteiger partial charge in [-0.25, -0.2) is 0 Å². The van der Waals surface area contributed by atoms with Crippen molar-refractivity contribution in [1.29, 1.82) is 0 Å². The molecule has 0 aromatic rings. The lowest BCUT2D eigenvalue weighted by atomic mass is 9.75. The van der Waals surface area contributed by atoms with E-state index in [1.165, 1.54) is 0 Å². The van der Waals surface area contributed by atoms with Gasteiger partial charge in [-0.1, -0.05) is 12.2 Å². The highest BCUT2D eigenvalue weighted by molar-refractivity contribution is 6.08. The van der Waals surface area contributed by atoms with E-state index in [1.807, 2.05) is 13.8 Å². The second kappa shape index (κ2) is 3.05. The average molecular weight is 205 g/mol. The molecule has 0 saturated carbocycles. The quantitative estimate of drug-likeness (QED) is 0.657. The average Bonchev–Trinajstić information content (AvgIpc) is 2.38. The summed E-state index contributed by atoms with van der Waals surface area (Å²) >= 11 is 0. The molecule has 2 nitrogen and oxygen atoms in total. The molecule has 0 atom stereocenters. The number of carbonyl (C=O) groups excluding carboxylic acids is 1. The van der Waals surface area contributed by atoms with Gasteiger partial charge in [-0.3, -0.25) is 4.79 Å². The molecule has 2 heteroatoms. The van der Waals surface area contributed by atoms with Crippen LogP contribution in [0, 0.1) is 5.41 Å². The Labute approximate surface area is 91.4 Å². The first-order valence-electron chi connectivity index (χ1n) is 5.52. The molecule has 1 spiro atoms. The molecule has 0 unspecified atom stereocenters. The summed E-state index contributed by atoms with van der Waals surface area (Å²) in [6.07, 6.45) is 5.36. The van der Waals surface area contributed by atoms with E-state index in [0.29, 0.717) is 0 Å². The highest BCUT2D eigenvalue weighted by Gasteiger charge is 2.42. The van der Waals surface area contributed by atoms with E-state index >= 15 is 0 Å². The molecule has 1 heterocycles. The van der Waals surface area contributed by atoms with Gasteiger partial charge in [0.15, 0.2) is 5.78 Å². The highest BCUT2D eigenvalue weighted by atomic mass is 16.1. The van der Waals surface area contributed by atoms with E-state index in [4.69, 9.17) is 0 Å². The lowest BCUT2D eigenvalue weighted by Gasteiger charge is -2.27. The van der Waals surface area contributed by atoms with E-state index in [9.17, 15) is 4.79 Å². The zero-order valence-corrected chi connectivity index (χ0v) is 9.98. The Hall–Kier alpha value is -0.890. The molecule has 0 radical (unpaired) electrons. The number of allylic oxidation sites excluding steroid dienone is 2. The Kier molecular flexibility index (Phi) is 2.16. The number of hydrogen-bond acceptors (Lipinski definition) is 2. The summed E-state index contributed by atoms with van der Waals surface area (Å²) in [7, 11) is 0. The number of ketones is 1. The molecule has 2 aliphatic rings. The van der Waals surface area contributed by atoms with Crippen molar-refractivity contribution in [3.63, 3.8) is 0 Å². The summed E-state index contributed by atoms with van der Waals surface area (Å²) in [5.74, 6) is 0.199. The van der Waals surface area contributed by atoms with Crippen molar-refractivity contribution in [2.75, 3.05) is 6.54 Å². The van der Waals surface area contributed by atoms with Crippen LogP contribution in [0.5, 0.6) is 0 Å². The summed E-state index contributed by atoms with van der Waals surface area (Å²) < 4.78 is 0. The minimum absolute atomic E-state index is 0.0750. The smallest absolute Gasteiger partial charge is 0.183 e. The Morgan fingerprint density at radius 3 is 2.13 bits per heavy atom. The summed E-state index contributed by atoms with van der Waals surface area (Å²) in [4.78, 5) is 11.7. The van der Waals surface area contributed by atoms with Gasteiger partial charge in [-0.15, -0.1) is 0 Å². The molecule has 2 rings (SSSR count). The van der Waals surface area contributed by atoms with Crippen LogP contribution in [0.1, 0.15) is 34.1 Å². The molecule has 1 saturated heterocycles. The van der Waals surface area contributed by atoms with Crippen LogP contribution in [-0.2, 0) is 4.79 Å². The Morgan fingerprint density at radius 2 is 1.73 bits per heavy atom. The van der Waals surface area contributed by atoms with Gasteiger partial charge in [-0.05, 0) is 45.3 Å². The van der Waals surface area contributed by atoms with Crippen molar-refractivity contribution in [3.05, 3.63) is 23.3 Å². The maximum absolute atomic E-state index is 11.7. The van der Waals surface area contributed by atoms with Crippen LogP contribution in [0.4, 0.5) is 0 Å². The first-order chi connectivity index (χ1) is 6.84. The number of nitrogens with one attached hydrogen (secondary N) is 1. The summed E-state index contributed by atoms with van der Waals surface area (Å²) in [6.45, 7) is 9.22. The topological polar surface area (TPSA) is 29.1 Å². The first-order valence-corrected chi connectivity index (χ1v) is 5.52. The zero-order valence-electron chi connectivity index (χ0n) is 9.98. The molecule has 0 aromatic carbocycles. The molecule has 1 fully saturated rings. The molecular formula is C13H19NO. The standard InChI is InChI=1S/C13H19NO/c1-9-5-13(6-10(2)11(9)15)7-12(3,4)14-8-13/h5-6,14H,7-8H2,1-4H3. The van der Waals surface area contributed by atoms with Gasteiger partial charge in [0.1, 0.15) is 0 Å². The lowest BCUT2D eigenvalue weighted by Crippen LogP contribution is -2.31. The van der Waals surface area contributed by atoms with Gasteiger partial charge >= 0.3 is 0 Å². The van der Waals surface area contributed by atoms with E-state index in [0.717, 1.165) is 24.1 Å². The third-order valence-corrected chi connectivity index (χ3v) is 3.39. The lowest BCUT2D eigenvalue weighted by molar-refractivity contribution is -0.112. The van der Waals surface area contributed by atoms with Crippen molar-refractivity contribution < 1.29 is 4.79 Å². The minimum Gasteiger partial charge on any atom is -0.311 e. The van der Waals surface area contributed by atoms with Gasteiger partial charge in [0.05, 0.1) is 0 Å². The highest BCUT2D eigenvalue weighted by Crippen LogP contribution is 2.41. The van der Waals surface area contributed by atoms with Gasteiger partial charge in [0.2, 0.25) is 0 Å². The van der Waals surface area contributed by atoms with Crippen LogP contribution in [0.25, 0.3) is 0 Å². The Bertz CT molecular complexity index is 352. The van der Waals surface area contributed by atoms with Gasteiger partial charge in [0, 0.05) is 17.5 Å². The van der Waals surface area contributed by atoms with Crippen LogP contribution in [-0.4, -0.2) is 17.9 Å². The van der Waals surface area contributed by atoms with Gasteiger partial charge in [0.25, 0.3) is 0 Å². The molecule has 1 aliphatic heterocycles. The molecule has 15 heavy (non-hydrogen) atoms. The normalized spacial score (nSPS) is 27.9. The van der Waals surface area contributed by atoms with E-state index in [1.54, 1.807) is 0 Å². The second-order valence-corrected chi connectivity index (χ2v) is 5.63. The van der Waals surface area contributed by atoms with Gasteiger partial charge in [-0.2, -0.15) is 0 Å². The monoisotopic (exact) mass is 205 g/mol. The van der Waals surface area contributed by atoms with Crippen LogP contribution in [0.15, 0.2) is 23.3 Å². The maximum Gasteiger partial charge on any atom is 0.183 e. The molecule has 1 N–H and O–H groups in total. The summed E-state index contributed by atoms with van der Waals surface area (Å²) in [6, 6.07) is 0. The fraction of sp³-hybridized carbons (Fsp3) is 0.615. The number of rotatable bonds is 0. The Balaban J connectivity index is 2.36. The first kappa shape index (κ1) is 10.6. The third kappa shape index (κ3) is 1.78. The fourth-order valence-electron chi connectivity index (χ4n) is 2.90. The second-order valence-electron chi connectivity index (χ2n) is 5.63. The third-order valence-electron chi connectivity index (χ3n) is 3.39. The Morgan fingerprint density at radius 1 is 1.20 bits per heavy atom. The van der Waals surface area contributed by atoms with Crippen molar-refractivity contribution in [1.82, 2.24) is 5.32 Å². The zero-order chi connectivity index (χ0) is 11.3. The summed E-state index contributed by atoms with van der Waals surface area (Å²) in [5.41, 5.74) is 2.04. The maximum atomic E-state index is 11.7. The van der Waals surface area contributed by atoms with E-state index < -0.39 is 0 Å². The van der Waals surface area contributed by atoms with E-state index in [-0.39, 0.29) is 16.7 Å². The van der Waals surface area contributed by atoms with Gasteiger partial charge < -0.3 is 5.32 Å². The van der Waals surface area contributed by atoms with Crippen LogP contribution < -0.4 is 5.32 Å². The number of hydrogen-bond donors (Lipinski definition) is 1. The largest absolute Gasteiger partial charge is 0.311 e. The molecule has 1 aliphatic carbocycles. The minimum atomic E-state index is 0.0750. The van der Waals surface area contributed by atoms with E-state index in [2.05, 4.69) is 31.3 Å². The molecule has 0 aromatic heterocycles. The predicted octanol–water partition coefficient (Wildman–Crippen LogP) is 2.22. The fourth-order valence-corrected chi connectivity index (χ4v) is 2.90. The van der Waals surface area contributed by atoms with Crippen molar-refractivity contribution >= 4 is 5.78 Å². The predicted molar refractivity (Wildman–Crippen MR) is 61.7 cm³/mol. The molecule has 0 amide bonds. The molecule has 0 bridgehead atoms. The molecule has 82 valence electrons. The summed E-state index contributed by atoms with van der Waals surface area (Å²) in [5, 5.41) is 3.51. The SMILES string of the molecule is CC1=CC2(C=C(C)C1=O)CNC(C)(C)C2.